The fourth-order valence-electron chi connectivity index (χ4n) is 3.56. The van der Waals surface area contributed by atoms with Gasteiger partial charge in [0, 0.05) is 18.2 Å². The molecule has 2 aromatic carbocycles. The maximum absolute atomic E-state index is 12.8. The van der Waals surface area contributed by atoms with Crippen LogP contribution in [0.15, 0.2) is 36.1 Å². The van der Waals surface area contributed by atoms with E-state index in [4.69, 9.17) is 28.4 Å². The minimum atomic E-state index is -0.552. The van der Waals surface area contributed by atoms with Crippen molar-refractivity contribution < 1.29 is 38.0 Å². The molecule has 0 saturated carbocycles. The molecule has 2 heterocycles. The maximum Gasteiger partial charge on any atom is 0.340 e. The Balaban J connectivity index is 1.59. The summed E-state index contributed by atoms with van der Waals surface area (Å²) in [6, 6.07) is 8.10. The van der Waals surface area contributed by atoms with E-state index in [2.05, 4.69) is 0 Å². The zero-order valence-electron chi connectivity index (χ0n) is 17.4. The highest BCUT2D eigenvalue weighted by molar-refractivity contribution is 6.14. The molecule has 2 aromatic rings. The van der Waals surface area contributed by atoms with E-state index in [1.54, 1.807) is 30.3 Å². The Bertz CT molecular complexity index is 1050. The second kappa shape index (κ2) is 8.69. The molecule has 0 amide bonds. The Morgan fingerprint density at radius 2 is 1.87 bits per heavy atom. The van der Waals surface area contributed by atoms with E-state index in [0.717, 1.165) is 6.42 Å². The molecule has 0 aliphatic carbocycles. The average Bonchev–Trinajstić information content (AvgIpc) is 3.42. The molecule has 0 aromatic heterocycles. The van der Waals surface area contributed by atoms with Crippen LogP contribution in [-0.4, -0.2) is 45.8 Å². The molecule has 8 nitrogen and oxygen atoms in total. The third-order valence-electron chi connectivity index (χ3n) is 5.07. The van der Waals surface area contributed by atoms with Gasteiger partial charge in [-0.3, -0.25) is 4.79 Å². The van der Waals surface area contributed by atoms with Crippen LogP contribution in [-0.2, 0) is 9.53 Å². The molecule has 1 unspecified atom stereocenters. The lowest BCUT2D eigenvalue weighted by molar-refractivity contribution is -0.144. The summed E-state index contributed by atoms with van der Waals surface area (Å²) in [5.41, 5.74) is 0.962. The van der Waals surface area contributed by atoms with Gasteiger partial charge in [0.25, 0.3) is 0 Å². The van der Waals surface area contributed by atoms with Crippen LogP contribution in [0.4, 0.5) is 0 Å². The number of carbonyl (C=O) groups excluding carboxylic acids is 2. The van der Waals surface area contributed by atoms with Crippen molar-refractivity contribution in [2.45, 2.75) is 18.9 Å². The molecule has 162 valence electrons. The van der Waals surface area contributed by atoms with Crippen LogP contribution in [0.2, 0.25) is 0 Å². The van der Waals surface area contributed by atoms with Crippen LogP contribution >= 0.6 is 0 Å². The minimum Gasteiger partial charge on any atom is -0.493 e. The number of Topliss-reactive ketones (excluding diaryl/α,β-unsaturated/α-hetero) is 1. The molecule has 0 N–H and O–H groups in total. The first-order chi connectivity index (χ1) is 15.0. The minimum absolute atomic E-state index is 0.114. The molecule has 1 atom stereocenters. The molecule has 4 rings (SSSR count). The summed E-state index contributed by atoms with van der Waals surface area (Å²) in [6.45, 7) is 0.551. The number of benzene rings is 2. The van der Waals surface area contributed by atoms with Crippen molar-refractivity contribution in [3.8, 4) is 28.7 Å². The second-order valence-electron chi connectivity index (χ2n) is 6.94. The molecular formula is C23H22O8. The van der Waals surface area contributed by atoms with Gasteiger partial charge in [-0.05, 0) is 43.2 Å². The fourth-order valence-corrected chi connectivity index (χ4v) is 3.56. The quantitative estimate of drug-likeness (QED) is 0.394. The van der Waals surface area contributed by atoms with E-state index in [0.29, 0.717) is 47.2 Å². The Hall–Kier alpha value is -3.52. The van der Waals surface area contributed by atoms with Crippen molar-refractivity contribution in [3.63, 3.8) is 0 Å². The second-order valence-corrected chi connectivity index (χ2v) is 6.94. The maximum atomic E-state index is 12.8. The smallest absolute Gasteiger partial charge is 0.340 e. The number of fused-ring (bicyclic) bond motifs is 1. The molecule has 2 aliphatic rings. The summed E-state index contributed by atoms with van der Waals surface area (Å²) >= 11 is 0. The van der Waals surface area contributed by atoms with Gasteiger partial charge in [0.1, 0.15) is 11.5 Å². The SMILES string of the molecule is COc1ccc(/C=C2\Oc3cc(OC(=O)C4CCCO4)ccc3C2=O)c(OC)c1OC. The van der Waals surface area contributed by atoms with Gasteiger partial charge < -0.3 is 28.4 Å². The number of ketones is 1. The number of carbonyl (C=O) groups is 2. The fraction of sp³-hybridized carbons (Fsp3) is 0.304. The monoisotopic (exact) mass is 426 g/mol. The summed E-state index contributed by atoms with van der Waals surface area (Å²) in [7, 11) is 4.53. The zero-order chi connectivity index (χ0) is 22.0. The van der Waals surface area contributed by atoms with E-state index in [1.165, 1.54) is 27.4 Å². The van der Waals surface area contributed by atoms with Gasteiger partial charge in [-0.2, -0.15) is 0 Å². The van der Waals surface area contributed by atoms with E-state index < -0.39 is 12.1 Å². The average molecular weight is 426 g/mol. The molecule has 0 spiro atoms. The first-order valence-electron chi connectivity index (χ1n) is 9.76. The number of hydrogen-bond acceptors (Lipinski definition) is 8. The normalized spacial score (nSPS) is 18.5. The van der Waals surface area contributed by atoms with Crippen LogP contribution < -0.4 is 23.7 Å². The first-order valence-corrected chi connectivity index (χ1v) is 9.76. The Kier molecular flexibility index (Phi) is 5.81. The van der Waals surface area contributed by atoms with Crippen LogP contribution in [0.25, 0.3) is 6.08 Å². The van der Waals surface area contributed by atoms with E-state index in [-0.39, 0.29) is 17.3 Å². The Morgan fingerprint density at radius 3 is 2.55 bits per heavy atom. The summed E-state index contributed by atoms with van der Waals surface area (Å²) < 4.78 is 32.6. The molecule has 1 fully saturated rings. The van der Waals surface area contributed by atoms with Crippen molar-refractivity contribution in [2.24, 2.45) is 0 Å². The topological polar surface area (TPSA) is 89.5 Å². The molecule has 0 radical (unpaired) electrons. The highest BCUT2D eigenvalue weighted by atomic mass is 16.6. The predicted octanol–water partition coefficient (Wildman–Crippen LogP) is 3.41. The molecular weight excluding hydrogens is 404 g/mol. The van der Waals surface area contributed by atoms with Crippen molar-refractivity contribution in [1.29, 1.82) is 0 Å². The predicted molar refractivity (Wildman–Crippen MR) is 110 cm³/mol. The van der Waals surface area contributed by atoms with E-state index in [9.17, 15) is 9.59 Å². The Morgan fingerprint density at radius 1 is 1.06 bits per heavy atom. The number of esters is 1. The van der Waals surface area contributed by atoms with Gasteiger partial charge in [0.05, 0.1) is 26.9 Å². The van der Waals surface area contributed by atoms with Crippen molar-refractivity contribution >= 4 is 17.8 Å². The number of rotatable bonds is 6. The highest BCUT2D eigenvalue weighted by Gasteiger charge is 2.30. The number of methoxy groups -OCH3 is 3. The number of ether oxygens (including phenoxy) is 6. The van der Waals surface area contributed by atoms with Gasteiger partial charge in [-0.1, -0.05) is 0 Å². The highest BCUT2D eigenvalue weighted by Crippen LogP contribution is 2.42. The van der Waals surface area contributed by atoms with Crippen LogP contribution in [0, 0.1) is 0 Å². The molecule has 31 heavy (non-hydrogen) atoms. The van der Waals surface area contributed by atoms with Crippen molar-refractivity contribution in [1.82, 2.24) is 0 Å². The summed E-state index contributed by atoms with van der Waals surface area (Å²) in [5, 5.41) is 0. The first kappa shape index (κ1) is 20.7. The van der Waals surface area contributed by atoms with Gasteiger partial charge >= 0.3 is 5.97 Å². The lowest BCUT2D eigenvalue weighted by Gasteiger charge is -2.14. The van der Waals surface area contributed by atoms with E-state index >= 15 is 0 Å². The largest absolute Gasteiger partial charge is 0.493 e. The van der Waals surface area contributed by atoms with Gasteiger partial charge in [-0.25, -0.2) is 4.79 Å². The van der Waals surface area contributed by atoms with Crippen LogP contribution in [0.1, 0.15) is 28.8 Å². The lowest BCUT2D eigenvalue weighted by atomic mass is 10.1. The van der Waals surface area contributed by atoms with Gasteiger partial charge in [0.15, 0.2) is 23.4 Å². The third-order valence-corrected chi connectivity index (χ3v) is 5.07. The standard InChI is InChI=1S/C23H22O8/c1-26-16-9-6-13(21(27-2)22(16)28-3)11-19-20(24)15-8-7-14(12-18(15)31-19)30-23(25)17-5-4-10-29-17/h6-9,11-12,17H,4-5,10H2,1-3H3/b19-11-. The molecule has 1 saturated heterocycles. The van der Waals surface area contributed by atoms with Gasteiger partial charge in [-0.15, -0.1) is 0 Å². The van der Waals surface area contributed by atoms with Crippen LogP contribution in [0.3, 0.4) is 0 Å². The number of hydrogen-bond donors (Lipinski definition) is 0. The third kappa shape index (κ3) is 3.94. The molecule has 0 bridgehead atoms. The lowest BCUT2D eigenvalue weighted by Crippen LogP contribution is -2.24. The zero-order valence-corrected chi connectivity index (χ0v) is 17.4. The van der Waals surface area contributed by atoms with E-state index in [1.807, 2.05) is 0 Å². The number of allylic oxidation sites excluding steroid dienone is 1. The molecule has 8 heteroatoms. The van der Waals surface area contributed by atoms with Crippen molar-refractivity contribution in [2.75, 3.05) is 27.9 Å². The summed E-state index contributed by atoms with van der Waals surface area (Å²) in [4.78, 5) is 25.0. The van der Waals surface area contributed by atoms with Gasteiger partial charge in [0.2, 0.25) is 11.5 Å². The summed E-state index contributed by atoms with van der Waals surface area (Å²) in [6.07, 6.45) is 2.48. The molecule has 2 aliphatic heterocycles. The Labute approximate surface area is 179 Å². The van der Waals surface area contributed by atoms with Crippen LogP contribution in [0.5, 0.6) is 28.7 Å². The summed E-state index contributed by atoms with van der Waals surface area (Å²) in [5.74, 6) is 1.30. The van der Waals surface area contributed by atoms with Crippen molar-refractivity contribution in [3.05, 3.63) is 47.2 Å².